The molecule has 3 rings (SSSR count). The summed E-state index contributed by atoms with van der Waals surface area (Å²) in [6, 6.07) is 20.1. The Balaban J connectivity index is 2.23. The summed E-state index contributed by atoms with van der Waals surface area (Å²) in [5.74, 6) is 0. The molecule has 0 aliphatic heterocycles. The van der Waals surface area contributed by atoms with Gasteiger partial charge >= 0.3 is 0 Å². The van der Waals surface area contributed by atoms with Crippen molar-refractivity contribution in [3.8, 4) is 28.5 Å². The molecule has 24 heavy (non-hydrogen) atoms. The molecule has 0 radical (unpaired) electrons. The van der Waals surface area contributed by atoms with Crippen molar-refractivity contribution in [1.29, 1.82) is 5.26 Å². The molecule has 3 aromatic rings. The van der Waals surface area contributed by atoms with Gasteiger partial charge in [-0.1, -0.05) is 53.6 Å². The minimum absolute atomic E-state index is 0.598. The molecule has 0 spiro atoms. The molecule has 0 bridgehead atoms. The van der Waals surface area contributed by atoms with Crippen molar-refractivity contribution in [2.45, 2.75) is 11.9 Å². The molecule has 0 aliphatic rings. The Morgan fingerprint density at radius 3 is 2.21 bits per heavy atom. The van der Waals surface area contributed by atoms with Gasteiger partial charge in [0.1, 0.15) is 11.1 Å². The first-order chi connectivity index (χ1) is 11.6. The van der Waals surface area contributed by atoms with E-state index in [2.05, 4.69) is 42.2 Å². The van der Waals surface area contributed by atoms with Gasteiger partial charge in [0.05, 0.1) is 11.3 Å². The highest BCUT2D eigenvalue weighted by Crippen LogP contribution is 2.33. The molecule has 0 aliphatic carbocycles. The van der Waals surface area contributed by atoms with E-state index in [4.69, 9.17) is 11.6 Å². The quantitative estimate of drug-likeness (QED) is 0.546. The second kappa shape index (κ2) is 7.09. The first kappa shape index (κ1) is 16.6. The molecule has 0 amide bonds. The van der Waals surface area contributed by atoms with Crippen LogP contribution in [0.3, 0.4) is 0 Å². The van der Waals surface area contributed by atoms with Crippen LogP contribution in [0.4, 0.5) is 0 Å². The first-order valence-corrected chi connectivity index (χ1v) is 9.04. The molecule has 0 unspecified atom stereocenters. The zero-order valence-electron chi connectivity index (χ0n) is 13.4. The van der Waals surface area contributed by atoms with E-state index in [1.807, 2.05) is 36.6 Å². The van der Waals surface area contributed by atoms with Crippen LogP contribution in [0.2, 0.25) is 5.02 Å². The molecule has 1 heterocycles. The molecule has 0 saturated heterocycles. The Bertz CT molecular complexity index is 910. The molecular formula is C20H15ClN2S. The smallest absolute Gasteiger partial charge is 0.115 e. The summed E-state index contributed by atoms with van der Waals surface area (Å²) in [6.45, 7) is 2.06. The monoisotopic (exact) mass is 350 g/mol. The van der Waals surface area contributed by atoms with Gasteiger partial charge in [-0.05, 0) is 36.9 Å². The minimum Gasteiger partial charge on any atom is -0.240 e. The van der Waals surface area contributed by atoms with Gasteiger partial charge in [-0.2, -0.15) is 5.26 Å². The molecule has 0 fully saturated rings. The second-order valence-electron chi connectivity index (χ2n) is 5.42. The molecule has 1 aromatic heterocycles. The second-order valence-corrected chi connectivity index (χ2v) is 6.66. The van der Waals surface area contributed by atoms with Gasteiger partial charge in [0, 0.05) is 16.1 Å². The van der Waals surface area contributed by atoms with Gasteiger partial charge in [-0.25, -0.2) is 4.98 Å². The third-order valence-electron chi connectivity index (χ3n) is 3.79. The standard InChI is InChI=1S/C20H15ClN2S/c1-13-3-5-15(6-4-13)19-11-17(14-7-9-16(21)10-8-14)18(12-22)20(23-19)24-2/h3-11H,1-2H3. The molecule has 2 nitrogen and oxygen atoms in total. The number of aromatic nitrogens is 1. The zero-order chi connectivity index (χ0) is 17.1. The summed E-state index contributed by atoms with van der Waals surface area (Å²) in [5.41, 5.74) is 5.54. The fourth-order valence-electron chi connectivity index (χ4n) is 2.51. The lowest BCUT2D eigenvalue weighted by Gasteiger charge is -2.11. The van der Waals surface area contributed by atoms with Crippen LogP contribution in [-0.4, -0.2) is 11.2 Å². The number of nitriles is 1. The molecular weight excluding hydrogens is 336 g/mol. The fraction of sp³-hybridized carbons (Fsp3) is 0.100. The normalized spacial score (nSPS) is 10.4. The molecule has 4 heteroatoms. The largest absolute Gasteiger partial charge is 0.240 e. The average molecular weight is 351 g/mol. The lowest BCUT2D eigenvalue weighted by atomic mass is 9.99. The third kappa shape index (κ3) is 3.31. The highest BCUT2D eigenvalue weighted by Gasteiger charge is 2.14. The Morgan fingerprint density at radius 1 is 1.00 bits per heavy atom. The maximum absolute atomic E-state index is 9.61. The van der Waals surface area contributed by atoms with Crippen molar-refractivity contribution in [3.05, 3.63) is 70.7 Å². The first-order valence-electron chi connectivity index (χ1n) is 7.44. The summed E-state index contributed by atoms with van der Waals surface area (Å²) in [4.78, 5) is 4.68. The van der Waals surface area contributed by atoms with Gasteiger partial charge in [0.15, 0.2) is 0 Å². The van der Waals surface area contributed by atoms with Gasteiger partial charge in [-0.3, -0.25) is 0 Å². The average Bonchev–Trinajstić information content (AvgIpc) is 2.62. The molecule has 118 valence electrons. The van der Waals surface area contributed by atoms with Crippen molar-refractivity contribution >= 4 is 23.4 Å². The number of rotatable bonds is 3. The molecule has 0 atom stereocenters. The summed E-state index contributed by atoms with van der Waals surface area (Å²) in [7, 11) is 0. The van der Waals surface area contributed by atoms with Gasteiger partial charge < -0.3 is 0 Å². The number of nitrogens with zero attached hydrogens (tertiary/aromatic N) is 2. The Kier molecular flexibility index (Phi) is 4.89. The van der Waals surface area contributed by atoms with E-state index < -0.39 is 0 Å². The van der Waals surface area contributed by atoms with Gasteiger partial charge in [0.25, 0.3) is 0 Å². The number of benzene rings is 2. The van der Waals surface area contributed by atoms with Crippen molar-refractivity contribution in [2.24, 2.45) is 0 Å². The van der Waals surface area contributed by atoms with Crippen LogP contribution in [0.5, 0.6) is 0 Å². The molecule has 0 saturated carbocycles. The summed E-state index contributed by atoms with van der Waals surface area (Å²) in [6.07, 6.45) is 1.94. The van der Waals surface area contributed by atoms with Gasteiger partial charge in [-0.15, -0.1) is 11.8 Å². The number of hydrogen-bond donors (Lipinski definition) is 0. The third-order valence-corrected chi connectivity index (χ3v) is 4.73. The number of halogens is 1. The molecule has 0 N–H and O–H groups in total. The van der Waals surface area contributed by atoms with E-state index in [1.54, 1.807) is 0 Å². The summed E-state index contributed by atoms with van der Waals surface area (Å²) in [5, 5.41) is 11.0. The van der Waals surface area contributed by atoms with Crippen molar-refractivity contribution < 1.29 is 0 Å². The van der Waals surface area contributed by atoms with E-state index in [1.165, 1.54) is 17.3 Å². The number of thioether (sulfide) groups is 1. The van der Waals surface area contributed by atoms with Crippen LogP contribution in [0.15, 0.2) is 59.6 Å². The minimum atomic E-state index is 0.598. The predicted octanol–water partition coefficient (Wildman–Crippen LogP) is 5.97. The van der Waals surface area contributed by atoms with E-state index in [0.29, 0.717) is 10.6 Å². The van der Waals surface area contributed by atoms with E-state index in [9.17, 15) is 5.26 Å². The van der Waals surface area contributed by atoms with Crippen LogP contribution < -0.4 is 0 Å². The summed E-state index contributed by atoms with van der Waals surface area (Å²) < 4.78 is 0. The fourth-order valence-corrected chi connectivity index (χ4v) is 3.18. The Morgan fingerprint density at radius 2 is 1.62 bits per heavy atom. The van der Waals surface area contributed by atoms with Crippen molar-refractivity contribution in [2.75, 3.05) is 6.26 Å². The highest BCUT2D eigenvalue weighted by molar-refractivity contribution is 7.98. The zero-order valence-corrected chi connectivity index (χ0v) is 14.9. The predicted molar refractivity (Wildman–Crippen MR) is 101 cm³/mol. The Labute approximate surface area is 151 Å². The topological polar surface area (TPSA) is 36.7 Å². The van der Waals surface area contributed by atoms with E-state index in [0.717, 1.165) is 27.4 Å². The number of aryl methyl sites for hydroxylation is 1. The van der Waals surface area contributed by atoms with E-state index >= 15 is 0 Å². The SMILES string of the molecule is CSc1nc(-c2ccc(C)cc2)cc(-c2ccc(Cl)cc2)c1C#N. The van der Waals surface area contributed by atoms with Crippen molar-refractivity contribution in [1.82, 2.24) is 4.98 Å². The maximum atomic E-state index is 9.61. The Hall–Kier alpha value is -2.28. The lowest BCUT2D eigenvalue weighted by molar-refractivity contribution is 1.12. The van der Waals surface area contributed by atoms with Crippen LogP contribution in [0.25, 0.3) is 22.4 Å². The van der Waals surface area contributed by atoms with Crippen LogP contribution in [0, 0.1) is 18.3 Å². The number of pyridine rings is 1. The van der Waals surface area contributed by atoms with Crippen LogP contribution >= 0.6 is 23.4 Å². The highest BCUT2D eigenvalue weighted by atomic mass is 35.5. The maximum Gasteiger partial charge on any atom is 0.115 e. The van der Waals surface area contributed by atoms with Crippen LogP contribution in [0.1, 0.15) is 11.1 Å². The van der Waals surface area contributed by atoms with Crippen molar-refractivity contribution in [3.63, 3.8) is 0 Å². The van der Waals surface area contributed by atoms with E-state index in [-0.39, 0.29) is 0 Å². The lowest BCUT2D eigenvalue weighted by Crippen LogP contribution is -1.95. The van der Waals surface area contributed by atoms with Gasteiger partial charge in [0.2, 0.25) is 0 Å². The van der Waals surface area contributed by atoms with Crippen LogP contribution in [-0.2, 0) is 0 Å². The molecule has 2 aromatic carbocycles. The number of hydrogen-bond acceptors (Lipinski definition) is 3. The summed E-state index contributed by atoms with van der Waals surface area (Å²) >= 11 is 7.48.